The quantitative estimate of drug-likeness (QED) is 0.174. The molecule has 5 fully saturated rings. The van der Waals surface area contributed by atoms with Gasteiger partial charge in [0.2, 0.25) is 0 Å². The largest absolute Gasteiger partial charge is 0.495 e. The van der Waals surface area contributed by atoms with Crippen LogP contribution in [0.3, 0.4) is 0 Å². The highest BCUT2D eigenvalue weighted by Gasteiger charge is 2.58. The Balaban J connectivity index is 1.43. The van der Waals surface area contributed by atoms with Crippen molar-refractivity contribution in [3.63, 3.8) is 0 Å². The molecule has 0 unspecified atom stereocenters. The fourth-order valence-electron chi connectivity index (χ4n) is 8.97. The van der Waals surface area contributed by atoms with Gasteiger partial charge in [-0.1, -0.05) is 30.3 Å². The Labute approximate surface area is 365 Å². The third-order valence-electron chi connectivity index (χ3n) is 16.7. The van der Waals surface area contributed by atoms with Crippen LogP contribution in [-0.2, 0) is 46.5 Å². The zero-order valence-electron chi connectivity index (χ0n) is 40.4. The monoisotopic (exact) mass is 833 g/mol. The minimum absolute atomic E-state index is 0.561. The Morgan fingerprint density at radius 3 is 0.656 bits per heavy atom. The minimum Gasteiger partial charge on any atom is -0.399 e. The molecule has 5 aliphatic heterocycles. The SMILES string of the molecule is CC1(C)OB(c2cc3c(B4OC(C)(C)C(C)(C)O4)cc4c(B5OC(C)(C)C(C)(C)O5)cc(B5OC(C)(C)C(C)(C)O5)c5cc(B6OC(C)(C)C(C)(C)O6)c(c2)c3c45)OC1(C)C. The lowest BCUT2D eigenvalue weighted by Crippen LogP contribution is -2.44. The first-order chi connectivity index (χ1) is 27.6. The number of benzene rings is 4. The van der Waals surface area contributed by atoms with Crippen LogP contribution in [0.5, 0.6) is 0 Å². The fourth-order valence-corrected chi connectivity index (χ4v) is 8.97. The van der Waals surface area contributed by atoms with Crippen molar-refractivity contribution in [2.75, 3.05) is 0 Å². The summed E-state index contributed by atoms with van der Waals surface area (Å²) in [6.45, 7) is 41.7. The topological polar surface area (TPSA) is 92.3 Å². The molecule has 0 N–H and O–H groups in total. The molecule has 0 saturated carbocycles. The Morgan fingerprint density at radius 2 is 0.426 bits per heavy atom. The molecule has 15 heteroatoms. The highest BCUT2D eigenvalue weighted by atomic mass is 16.7. The molecule has 10 nitrogen and oxygen atoms in total. The Hall–Kier alpha value is -2.16. The van der Waals surface area contributed by atoms with Crippen LogP contribution < -0.4 is 27.3 Å². The lowest BCUT2D eigenvalue weighted by atomic mass is 9.62. The molecule has 5 heterocycles. The number of hydrogen-bond acceptors (Lipinski definition) is 10. The minimum atomic E-state index is -0.709. The highest BCUT2D eigenvalue weighted by Crippen LogP contribution is 2.45. The first-order valence-corrected chi connectivity index (χ1v) is 22.2. The normalized spacial score (nSPS) is 27.5. The third-order valence-corrected chi connectivity index (χ3v) is 16.7. The van der Waals surface area contributed by atoms with Crippen molar-refractivity contribution in [3.05, 3.63) is 30.3 Å². The molecule has 0 amide bonds. The fraction of sp³-hybridized carbons (Fsp3) is 0.652. The van der Waals surface area contributed by atoms with Gasteiger partial charge in [0.25, 0.3) is 0 Å². The van der Waals surface area contributed by atoms with Crippen LogP contribution >= 0.6 is 0 Å². The van der Waals surface area contributed by atoms with E-state index >= 15 is 0 Å². The standard InChI is InChI=1S/C46H65B5O10/c1-37(2)38(3,4)53-47(52-37)26-21-27-31(48-54-39(5,6)40(7,8)55-48)23-29-33(50-58-43(13,14)44(15,16)59-50)25-34(51-60-45(17,18)46(19,20)61-51)30-24-32(28(22-26)35(27)36(29)30)49-56-41(9,10)42(11,12)57-49/h21-25H,1-20H3. The second kappa shape index (κ2) is 12.8. The van der Waals surface area contributed by atoms with Gasteiger partial charge in [0.15, 0.2) is 0 Å². The van der Waals surface area contributed by atoms with Crippen LogP contribution in [0.15, 0.2) is 30.3 Å². The summed E-state index contributed by atoms with van der Waals surface area (Å²) in [6.07, 6.45) is 0. The molecule has 0 aliphatic carbocycles. The van der Waals surface area contributed by atoms with E-state index in [1.807, 2.05) is 0 Å². The van der Waals surface area contributed by atoms with E-state index in [0.29, 0.717) is 0 Å². The van der Waals surface area contributed by atoms with Crippen molar-refractivity contribution in [1.82, 2.24) is 0 Å². The maximum Gasteiger partial charge on any atom is 0.495 e. The van der Waals surface area contributed by atoms with E-state index in [0.717, 1.165) is 59.6 Å². The molecule has 0 atom stereocenters. The highest BCUT2D eigenvalue weighted by molar-refractivity contribution is 6.74. The van der Waals surface area contributed by atoms with Gasteiger partial charge in [0, 0.05) is 0 Å². The van der Waals surface area contributed by atoms with E-state index in [9.17, 15) is 0 Å². The van der Waals surface area contributed by atoms with Gasteiger partial charge in [0.1, 0.15) is 0 Å². The number of rotatable bonds is 5. The zero-order chi connectivity index (χ0) is 44.8. The van der Waals surface area contributed by atoms with Gasteiger partial charge in [-0.2, -0.15) is 0 Å². The lowest BCUT2D eigenvalue weighted by molar-refractivity contribution is 0.00578. The van der Waals surface area contributed by atoms with Crippen molar-refractivity contribution in [3.8, 4) is 0 Å². The van der Waals surface area contributed by atoms with E-state index < -0.39 is 91.6 Å². The summed E-state index contributed by atoms with van der Waals surface area (Å²) in [4.78, 5) is 0. The molecule has 5 saturated heterocycles. The van der Waals surface area contributed by atoms with Gasteiger partial charge in [0.05, 0.1) is 56.0 Å². The first-order valence-electron chi connectivity index (χ1n) is 22.2. The summed E-state index contributed by atoms with van der Waals surface area (Å²) in [5.74, 6) is 0. The average Bonchev–Trinajstić information content (AvgIpc) is 3.72. The van der Waals surface area contributed by atoms with Crippen LogP contribution in [0.1, 0.15) is 138 Å². The van der Waals surface area contributed by atoms with Gasteiger partial charge in [-0.25, -0.2) is 0 Å². The Morgan fingerprint density at radius 1 is 0.246 bits per heavy atom. The molecule has 324 valence electrons. The lowest BCUT2D eigenvalue weighted by Gasteiger charge is -2.32. The predicted octanol–water partition coefficient (Wildman–Crippen LogP) is 6.08. The van der Waals surface area contributed by atoms with Crippen LogP contribution in [0.25, 0.3) is 32.3 Å². The van der Waals surface area contributed by atoms with E-state index in [2.05, 4.69) is 169 Å². The maximum absolute atomic E-state index is 6.94. The molecule has 0 aromatic heterocycles. The molecule has 61 heavy (non-hydrogen) atoms. The van der Waals surface area contributed by atoms with Crippen molar-refractivity contribution >= 4 is 95.2 Å². The van der Waals surface area contributed by atoms with Crippen LogP contribution in [-0.4, -0.2) is 91.6 Å². The molecule has 0 bridgehead atoms. The van der Waals surface area contributed by atoms with Gasteiger partial charge in [-0.3, -0.25) is 0 Å². The molecule has 0 spiro atoms. The second-order valence-corrected chi connectivity index (χ2v) is 23.4. The molecule has 4 aromatic rings. The molecular formula is C46H65B5O10. The molecule has 5 aliphatic rings. The summed E-state index contributed by atoms with van der Waals surface area (Å²) in [6, 6.07) is 11.0. The molecular weight excluding hydrogens is 767 g/mol. The van der Waals surface area contributed by atoms with Gasteiger partial charge >= 0.3 is 35.6 Å². The van der Waals surface area contributed by atoms with E-state index in [-0.39, 0.29) is 0 Å². The van der Waals surface area contributed by atoms with Crippen LogP contribution in [0.4, 0.5) is 0 Å². The Kier molecular flexibility index (Phi) is 9.25. The Bertz CT molecular complexity index is 2250. The van der Waals surface area contributed by atoms with Gasteiger partial charge in [-0.15, -0.1) is 0 Å². The molecule has 4 aromatic carbocycles. The van der Waals surface area contributed by atoms with Crippen LogP contribution in [0.2, 0.25) is 0 Å². The average molecular weight is 832 g/mol. The number of hydrogen-bond donors (Lipinski definition) is 0. The van der Waals surface area contributed by atoms with E-state index in [1.54, 1.807) is 0 Å². The smallest absolute Gasteiger partial charge is 0.399 e. The summed E-state index contributed by atoms with van der Waals surface area (Å²) < 4.78 is 68.9. The predicted molar refractivity (Wildman–Crippen MR) is 249 cm³/mol. The molecule has 9 rings (SSSR count). The van der Waals surface area contributed by atoms with Crippen molar-refractivity contribution in [2.45, 2.75) is 194 Å². The van der Waals surface area contributed by atoms with Crippen molar-refractivity contribution in [1.29, 1.82) is 0 Å². The van der Waals surface area contributed by atoms with Gasteiger partial charge in [-0.05, 0) is 198 Å². The second-order valence-electron chi connectivity index (χ2n) is 23.4. The van der Waals surface area contributed by atoms with E-state index in [1.165, 1.54) is 0 Å². The van der Waals surface area contributed by atoms with Gasteiger partial charge < -0.3 is 46.5 Å². The molecule has 0 radical (unpaired) electrons. The van der Waals surface area contributed by atoms with Crippen molar-refractivity contribution < 1.29 is 46.5 Å². The summed E-state index contributed by atoms with van der Waals surface area (Å²) in [5.41, 5.74) is -1.54. The first kappa shape index (κ1) is 44.1. The van der Waals surface area contributed by atoms with Crippen molar-refractivity contribution in [2.24, 2.45) is 0 Å². The summed E-state index contributed by atoms with van der Waals surface area (Å²) >= 11 is 0. The van der Waals surface area contributed by atoms with Crippen LogP contribution in [0, 0.1) is 0 Å². The third kappa shape index (κ3) is 6.33. The summed E-state index contributed by atoms with van der Waals surface area (Å²) in [5, 5.41) is 5.83. The van der Waals surface area contributed by atoms with E-state index in [4.69, 9.17) is 46.5 Å². The zero-order valence-corrected chi connectivity index (χ0v) is 40.4. The maximum atomic E-state index is 6.94. The summed E-state index contributed by atoms with van der Waals surface area (Å²) in [7, 11) is -3.47.